The fraction of sp³-hybridized carbons (Fsp3) is 0.286. The van der Waals surface area contributed by atoms with Crippen molar-refractivity contribution in [2.75, 3.05) is 11.9 Å². The summed E-state index contributed by atoms with van der Waals surface area (Å²) in [5.41, 5.74) is 3.22. The first-order valence-corrected chi connectivity index (χ1v) is 9.39. The highest BCUT2D eigenvalue weighted by Gasteiger charge is 2.16. The molecule has 2 heterocycles. The number of aromatic nitrogens is 3. The highest BCUT2D eigenvalue weighted by Crippen LogP contribution is 2.25. The maximum Gasteiger partial charge on any atom is 0.414 e. The van der Waals surface area contributed by atoms with E-state index in [1.54, 1.807) is 18.5 Å². The number of nitrogens with zero attached hydrogens (tertiary/aromatic N) is 2. The SMILES string of the molecule is Cc1cnc(NC(C)C)nc1-c1c[nH]c(OC(=O)NC(CO)c2ccccc2)c1. The van der Waals surface area contributed by atoms with Crippen molar-refractivity contribution in [2.24, 2.45) is 0 Å². The number of aliphatic hydroxyl groups is 1. The topological polar surface area (TPSA) is 112 Å². The Labute approximate surface area is 169 Å². The van der Waals surface area contributed by atoms with E-state index >= 15 is 0 Å². The number of aliphatic hydroxyl groups excluding tert-OH is 1. The molecule has 3 aromatic rings. The second kappa shape index (κ2) is 9.20. The Kier molecular flexibility index (Phi) is 6.46. The van der Waals surface area contributed by atoms with Gasteiger partial charge in [0, 0.05) is 30.1 Å². The Bertz CT molecular complexity index is 956. The molecule has 152 valence electrons. The van der Waals surface area contributed by atoms with Gasteiger partial charge in [0.2, 0.25) is 11.8 Å². The van der Waals surface area contributed by atoms with Crippen molar-refractivity contribution in [3.05, 3.63) is 59.9 Å². The second-order valence-electron chi connectivity index (χ2n) is 6.96. The minimum absolute atomic E-state index is 0.212. The summed E-state index contributed by atoms with van der Waals surface area (Å²) >= 11 is 0. The van der Waals surface area contributed by atoms with Crippen molar-refractivity contribution in [3.63, 3.8) is 0 Å². The first-order valence-electron chi connectivity index (χ1n) is 9.39. The molecule has 0 bridgehead atoms. The summed E-state index contributed by atoms with van der Waals surface area (Å²) in [4.78, 5) is 24.0. The van der Waals surface area contributed by atoms with Crippen LogP contribution in [-0.2, 0) is 0 Å². The van der Waals surface area contributed by atoms with Gasteiger partial charge in [-0.2, -0.15) is 0 Å². The summed E-state index contributed by atoms with van der Waals surface area (Å²) in [5, 5.41) is 15.4. The molecule has 1 atom stereocenters. The number of amides is 1. The fourth-order valence-corrected chi connectivity index (χ4v) is 2.82. The summed E-state index contributed by atoms with van der Waals surface area (Å²) < 4.78 is 5.33. The van der Waals surface area contributed by atoms with Crippen LogP contribution in [0, 0.1) is 6.92 Å². The molecule has 0 aliphatic carbocycles. The molecule has 0 fully saturated rings. The number of anilines is 1. The van der Waals surface area contributed by atoms with E-state index in [1.807, 2.05) is 51.1 Å². The summed E-state index contributed by atoms with van der Waals surface area (Å²) in [6.45, 7) is 5.71. The van der Waals surface area contributed by atoms with Crippen LogP contribution in [0.25, 0.3) is 11.3 Å². The molecule has 1 amide bonds. The lowest BCUT2D eigenvalue weighted by Gasteiger charge is -2.15. The zero-order chi connectivity index (χ0) is 20.8. The Morgan fingerprint density at radius 2 is 2.03 bits per heavy atom. The highest BCUT2D eigenvalue weighted by atomic mass is 16.6. The Morgan fingerprint density at radius 1 is 1.28 bits per heavy atom. The molecule has 0 radical (unpaired) electrons. The molecule has 2 aromatic heterocycles. The zero-order valence-electron chi connectivity index (χ0n) is 16.6. The maximum atomic E-state index is 12.2. The second-order valence-corrected chi connectivity index (χ2v) is 6.96. The Morgan fingerprint density at radius 3 is 2.72 bits per heavy atom. The number of nitrogens with one attached hydrogen (secondary N) is 3. The summed E-state index contributed by atoms with van der Waals surface area (Å²) in [6, 6.07) is 10.6. The van der Waals surface area contributed by atoms with Gasteiger partial charge in [0.15, 0.2) is 0 Å². The van der Waals surface area contributed by atoms with E-state index in [1.165, 1.54) is 0 Å². The van der Waals surface area contributed by atoms with Gasteiger partial charge in [0.1, 0.15) is 0 Å². The van der Waals surface area contributed by atoms with E-state index in [0.717, 1.165) is 22.4 Å². The van der Waals surface area contributed by atoms with Crippen molar-refractivity contribution in [2.45, 2.75) is 32.9 Å². The number of hydrogen-bond donors (Lipinski definition) is 4. The molecule has 1 aromatic carbocycles. The average molecular weight is 395 g/mol. The first kappa shape index (κ1) is 20.3. The maximum absolute atomic E-state index is 12.2. The normalized spacial score (nSPS) is 11.9. The first-order chi connectivity index (χ1) is 14.0. The van der Waals surface area contributed by atoms with Crippen LogP contribution in [0.5, 0.6) is 5.88 Å². The van der Waals surface area contributed by atoms with Crippen molar-refractivity contribution in [1.29, 1.82) is 0 Å². The van der Waals surface area contributed by atoms with Gasteiger partial charge in [0.05, 0.1) is 18.3 Å². The number of ether oxygens (including phenoxy) is 1. The fourth-order valence-electron chi connectivity index (χ4n) is 2.82. The third-order valence-corrected chi connectivity index (χ3v) is 4.20. The minimum Gasteiger partial charge on any atom is -0.394 e. The van der Waals surface area contributed by atoms with Gasteiger partial charge in [-0.25, -0.2) is 14.8 Å². The van der Waals surface area contributed by atoms with E-state index in [4.69, 9.17) is 4.74 Å². The molecule has 29 heavy (non-hydrogen) atoms. The molecule has 0 aliphatic heterocycles. The van der Waals surface area contributed by atoms with E-state index < -0.39 is 12.1 Å². The Balaban J connectivity index is 1.69. The number of aromatic amines is 1. The van der Waals surface area contributed by atoms with Gasteiger partial charge in [0.25, 0.3) is 0 Å². The lowest BCUT2D eigenvalue weighted by molar-refractivity contribution is 0.182. The lowest BCUT2D eigenvalue weighted by Crippen LogP contribution is -2.33. The number of benzene rings is 1. The molecule has 3 rings (SSSR count). The van der Waals surface area contributed by atoms with Crippen LogP contribution in [0.3, 0.4) is 0 Å². The predicted octanol–water partition coefficient (Wildman–Crippen LogP) is 3.42. The average Bonchev–Trinajstić information content (AvgIpc) is 3.16. The number of H-pyrrole nitrogens is 1. The largest absolute Gasteiger partial charge is 0.414 e. The minimum atomic E-state index is -0.664. The van der Waals surface area contributed by atoms with E-state index in [0.29, 0.717) is 5.95 Å². The molecule has 0 spiro atoms. The summed E-state index contributed by atoms with van der Waals surface area (Å²) in [5.74, 6) is 0.814. The standard InChI is InChI=1S/C21H25N5O3/c1-13(2)24-20-23-10-14(3)19(26-20)16-9-18(22-11-16)29-21(28)25-17(12-27)15-7-5-4-6-8-15/h4-11,13,17,22,27H,12H2,1-3H3,(H,25,28)(H,23,24,26). The van der Waals surface area contributed by atoms with Crippen LogP contribution in [0.4, 0.5) is 10.7 Å². The van der Waals surface area contributed by atoms with Crippen LogP contribution >= 0.6 is 0 Å². The molecule has 0 aliphatic rings. The van der Waals surface area contributed by atoms with Gasteiger partial charge < -0.3 is 25.5 Å². The van der Waals surface area contributed by atoms with E-state index in [9.17, 15) is 9.90 Å². The van der Waals surface area contributed by atoms with E-state index in [2.05, 4.69) is 25.6 Å². The number of carbonyl (C=O) groups excluding carboxylic acids is 1. The van der Waals surface area contributed by atoms with Crippen LogP contribution in [0.15, 0.2) is 48.8 Å². The number of rotatable bonds is 7. The van der Waals surface area contributed by atoms with Crippen LogP contribution in [0.2, 0.25) is 0 Å². The molecular weight excluding hydrogens is 370 g/mol. The molecular formula is C21H25N5O3. The summed E-state index contributed by atoms with van der Waals surface area (Å²) in [6.07, 6.45) is 2.81. The van der Waals surface area contributed by atoms with E-state index in [-0.39, 0.29) is 18.5 Å². The highest BCUT2D eigenvalue weighted by molar-refractivity contribution is 5.72. The smallest absolute Gasteiger partial charge is 0.394 e. The van der Waals surface area contributed by atoms with Crippen LogP contribution in [-0.4, -0.2) is 38.8 Å². The molecule has 8 nitrogen and oxygen atoms in total. The number of carbonyl (C=O) groups is 1. The quantitative estimate of drug-likeness (QED) is 0.488. The van der Waals surface area contributed by atoms with Crippen molar-refractivity contribution < 1.29 is 14.6 Å². The van der Waals surface area contributed by atoms with Gasteiger partial charge >= 0.3 is 6.09 Å². The number of hydrogen-bond acceptors (Lipinski definition) is 6. The van der Waals surface area contributed by atoms with Gasteiger partial charge in [-0.15, -0.1) is 0 Å². The zero-order valence-corrected chi connectivity index (χ0v) is 16.6. The predicted molar refractivity (Wildman–Crippen MR) is 111 cm³/mol. The van der Waals surface area contributed by atoms with Gasteiger partial charge in [-0.05, 0) is 31.9 Å². The van der Waals surface area contributed by atoms with Crippen LogP contribution < -0.4 is 15.4 Å². The van der Waals surface area contributed by atoms with Crippen molar-refractivity contribution >= 4 is 12.0 Å². The van der Waals surface area contributed by atoms with Crippen molar-refractivity contribution in [1.82, 2.24) is 20.3 Å². The molecule has 0 saturated heterocycles. The number of aryl methyl sites for hydroxylation is 1. The Hall–Kier alpha value is -3.39. The molecule has 8 heteroatoms. The molecule has 4 N–H and O–H groups in total. The van der Waals surface area contributed by atoms with Gasteiger partial charge in [-0.1, -0.05) is 30.3 Å². The molecule has 1 unspecified atom stereocenters. The van der Waals surface area contributed by atoms with Gasteiger partial charge in [-0.3, -0.25) is 0 Å². The molecule has 0 saturated carbocycles. The summed E-state index contributed by atoms with van der Waals surface area (Å²) in [7, 11) is 0. The van der Waals surface area contributed by atoms with Crippen molar-refractivity contribution in [3.8, 4) is 17.1 Å². The lowest BCUT2D eigenvalue weighted by atomic mass is 10.1. The van der Waals surface area contributed by atoms with Crippen LogP contribution in [0.1, 0.15) is 31.0 Å². The third-order valence-electron chi connectivity index (χ3n) is 4.20. The third kappa shape index (κ3) is 5.32. The monoisotopic (exact) mass is 395 g/mol.